The zero-order valence-electron chi connectivity index (χ0n) is 15.8. The molecule has 0 radical (unpaired) electrons. The molecule has 3 aromatic rings. The van der Waals surface area contributed by atoms with Crippen LogP contribution < -0.4 is 4.90 Å². The van der Waals surface area contributed by atoms with Crippen LogP contribution in [0.3, 0.4) is 0 Å². The van der Waals surface area contributed by atoms with Gasteiger partial charge < -0.3 is 4.90 Å². The van der Waals surface area contributed by atoms with Crippen LogP contribution in [-0.2, 0) is 0 Å². The van der Waals surface area contributed by atoms with Gasteiger partial charge in [-0.05, 0) is 56.2 Å². The van der Waals surface area contributed by atoms with Crippen LogP contribution in [0.25, 0.3) is 16.9 Å². The van der Waals surface area contributed by atoms with E-state index in [0.717, 1.165) is 54.0 Å². The van der Waals surface area contributed by atoms with Crippen LogP contribution in [0.2, 0.25) is 5.15 Å². The number of aryl methyl sites for hydroxylation is 3. The molecule has 27 heavy (non-hydrogen) atoms. The van der Waals surface area contributed by atoms with E-state index in [1.807, 2.05) is 0 Å². The van der Waals surface area contributed by atoms with E-state index < -0.39 is 0 Å². The van der Waals surface area contributed by atoms with Gasteiger partial charge >= 0.3 is 0 Å². The fourth-order valence-electron chi connectivity index (χ4n) is 4.18. The third kappa shape index (κ3) is 3.16. The second kappa shape index (κ2) is 7.08. The maximum atomic E-state index is 13.1. The molecule has 0 bridgehead atoms. The van der Waals surface area contributed by atoms with E-state index in [9.17, 15) is 4.39 Å². The van der Waals surface area contributed by atoms with Crippen molar-refractivity contribution in [2.24, 2.45) is 5.92 Å². The highest BCUT2D eigenvalue weighted by Crippen LogP contribution is 2.41. The summed E-state index contributed by atoms with van der Waals surface area (Å²) in [6.45, 7) is 7.55. The molecule has 2 aromatic heterocycles. The molecule has 0 unspecified atom stereocenters. The summed E-state index contributed by atoms with van der Waals surface area (Å²) >= 11 is 6.68. The molecule has 0 N–H and O–H groups in total. The highest BCUT2D eigenvalue weighted by atomic mass is 35.5. The van der Waals surface area contributed by atoms with Gasteiger partial charge in [0.25, 0.3) is 5.78 Å². The van der Waals surface area contributed by atoms with Crippen LogP contribution in [0.1, 0.15) is 29.5 Å². The largest absolute Gasteiger partial charge is 0.356 e. The number of benzene rings is 1. The normalized spacial score (nSPS) is 15.7. The molecule has 0 aliphatic carbocycles. The zero-order valence-corrected chi connectivity index (χ0v) is 16.6. The standard InChI is InChI=1S/C20H23ClFN5/c1-12-8-13(2)16(14(3)9-12)17-18(21)25-20-23-11-24-27(20)19(17)26-6-4-15(10-22)5-7-26/h8-9,11,15H,4-7,10H2,1-3H3. The Hall–Kier alpha value is -2.21. The number of nitrogens with zero attached hydrogens (tertiary/aromatic N) is 5. The minimum absolute atomic E-state index is 0.135. The minimum atomic E-state index is -0.257. The maximum absolute atomic E-state index is 13.1. The second-order valence-electron chi connectivity index (χ2n) is 7.43. The van der Waals surface area contributed by atoms with Crippen molar-refractivity contribution in [3.8, 4) is 11.1 Å². The van der Waals surface area contributed by atoms with Gasteiger partial charge in [0.05, 0.1) is 12.2 Å². The van der Waals surface area contributed by atoms with Crippen LogP contribution in [-0.4, -0.2) is 39.3 Å². The molecule has 1 aliphatic rings. The van der Waals surface area contributed by atoms with Gasteiger partial charge in [-0.25, -0.2) is 0 Å². The molecule has 0 spiro atoms. The quantitative estimate of drug-likeness (QED) is 0.618. The molecular formula is C20H23ClFN5. The first-order valence-corrected chi connectivity index (χ1v) is 9.65. The lowest BCUT2D eigenvalue weighted by atomic mass is 9.93. The molecule has 1 fully saturated rings. The van der Waals surface area contributed by atoms with Gasteiger partial charge in [0.15, 0.2) is 0 Å². The molecule has 4 rings (SSSR count). The Morgan fingerprint density at radius 3 is 2.41 bits per heavy atom. The number of hydrogen-bond donors (Lipinski definition) is 0. The third-order valence-electron chi connectivity index (χ3n) is 5.42. The highest BCUT2D eigenvalue weighted by molar-refractivity contribution is 6.33. The number of halogens is 2. The topological polar surface area (TPSA) is 46.3 Å². The third-order valence-corrected chi connectivity index (χ3v) is 5.69. The smallest absolute Gasteiger partial charge is 0.255 e. The average molecular weight is 388 g/mol. The fraction of sp³-hybridized carbons (Fsp3) is 0.450. The monoisotopic (exact) mass is 387 g/mol. The van der Waals surface area contributed by atoms with Crippen molar-refractivity contribution < 1.29 is 4.39 Å². The van der Waals surface area contributed by atoms with Crippen molar-refractivity contribution in [1.29, 1.82) is 0 Å². The molecule has 0 amide bonds. The first-order valence-electron chi connectivity index (χ1n) is 9.28. The Bertz CT molecular complexity index is 968. The van der Waals surface area contributed by atoms with Gasteiger partial charge in [0.1, 0.15) is 17.3 Å². The van der Waals surface area contributed by atoms with E-state index in [-0.39, 0.29) is 12.6 Å². The van der Waals surface area contributed by atoms with Gasteiger partial charge in [-0.3, -0.25) is 4.39 Å². The summed E-state index contributed by atoms with van der Waals surface area (Å²) in [4.78, 5) is 10.9. The van der Waals surface area contributed by atoms with Crippen LogP contribution in [0.4, 0.5) is 10.2 Å². The lowest BCUT2D eigenvalue weighted by molar-refractivity contribution is 0.306. The number of hydrogen-bond acceptors (Lipinski definition) is 4. The van der Waals surface area contributed by atoms with Crippen LogP contribution in [0, 0.1) is 26.7 Å². The van der Waals surface area contributed by atoms with Crippen molar-refractivity contribution in [1.82, 2.24) is 19.6 Å². The molecular weight excluding hydrogens is 365 g/mol. The lowest BCUT2D eigenvalue weighted by Crippen LogP contribution is -2.36. The summed E-state index contributed by atoms with van der Waals surface area (Å²) in [6, 6.07) is 4.31. The number of aromatic nitrogens is 4. The molecule has 3 heterocycles. The van der Waals surface area contributed by atoms with Crippen LogP contribution in [0.15, 0.2) is 18.5 Å². The summed E-state index contributed by atoms with van der Waals surface area (Å²) in [5, 5.41) is 4.83. The van der Waals surface area contributed by atoms with Crippen LogP contribution in [0.5, 0.6) is 0 Å². The van der Waals surface area contributed by atoms with Gasteiger partial charge in [0.2, 0.25) is 0 Å². The van der Waals surface area contributed by atoms with E-state index in [0.29, 0.717) is 10.9 Å². The van der Waals surface area contributed by atoms with E-state index in [1.54, 1.807) is 4.52 Å². The minimum Gasteiger partial charge on any atom is -0.356 e. The van der Waals surface area contributed by atoms with E-state index >= 15 is 0 Å². The Balaban J connectivity index is 1.95. The van der Waals surface area contributed by atoms with Crippen molar-refractivity contribution in [2.45, 2.75) is 33.6 Å². The van der Waals surface area contributed by atoms with Crippen LogP contribution >= 0.6 is 11.6 Å². The van der Waals surface area contributed by atoms with Gasteiger partial charge in [-0.15, -0.1) is 0 Å². The number of piperidine rings is 1. The molecule has 0 atom stereocenters. The van der Waals surface area contributed by atoms with Crippen molar-refractivity contribution in [3.63, 3.8) is 0 Å². The lowest BCUT2D eigenvalue weighted by Gasteiger charge is -2.34. The molecule has 1 aromatic carbocycles. The molecule has 1 saturated heterocycles. The first kappa shape index (κ1) is 18.2. The summed E-state index contributed by atoms with van der Waals surface area (Å²) < 4.78 is 14.8. The summed E-state index contributed by atoms with van der Waals surface area (Å²) in [6.07, 6.45) is 3.13. The molecule has 142 valence electrons. The van der Waals surface area contributed by atoms with E-state index in [1.165, 1.54) is 11.9 Å². The fourth-order valence-corrected chi connectivity index (χ4v) is 4.44. The summed E-state index contributed by atoms with van der Waals surface area (Å²) in [5.41, 5.74) is 5.47. The van der Waals surface area contributed by atoms with Crippen molar-refractivity contribution >= 4 is 23.2 Å². The first-order chi connectivity index (χ1) is 13.0. The number of rotatable bonds is 3. The second-order valence-corrected chi connectivity index (χ2v) is 7.79. The summed E-state index contributed by atoms with van der Waals surface area (Å²) in [5.74, 6) is 1.51. The highest BCUT2D eigenvalue weighted by Gasteiger charge is 2.27. The Morgan fingerprint density at radius 2 is 1.78 bits per heavy atom. The van der Waals surface area contributed by atoms with E-state index in [2.05, 4.69) is 52.9 Å². The molecule has 0 saturated carbocycles. The molecule has 7 heteroatoms. The predicted molar refractivity (Wildman–Crippen MR) is 106 cm³/mol. The Kier molecular flexibility index (Phi) is 4.76. The molecule has 5 nitrogen and oxygen atoms in total. The molecule has 1 aliphatic heterocycles. The van der Waals surface area contributed by atoms with Gasteiger partial charge in [-0.2, -0.15) is 19.6 Å². The van der Waals surface area contributed by atoms with Gasteiger partial charge in [0, 0.05) is 13.1 Å². The summed E-state index contributed by atoms with van der Waals surface area (Å²) in [7, 11) is 0. The SMILES string of the molecule is Cc1cc(C)c(-c2c(Cl)nc3ncnn3c2N2CCC(CF)CC2)c(C)c1. The number of fused-ring (bicyclic) bond motifs is 1. The Labute approximate surface area is 163 Å². The number of anilines is 1. The van der Waals surface area contributed by atoms with Gasteiger partial charge in [-0.1, -0.05) is 29.3 Å². The predicted octanol–water partition coefficient (Wildman–Crippen LogP) is 4.56. The average Bonchev–Trinajstić information content (AvgIpc) is 3.09. The van der Waals surface area contributed by atoms with E-state index in [4.69, 9.17) is 11.6 Å². The number of alkyl halides is 1. The van der Waals surface area contributed by atoms with Crippen molar-refractivity contribution in [3.05, 3.63) is 40.3 Å². The maximum Gasteiger partial charge on any atom is 0.255 e. The Morgan fingerprint density at radius 1 is 1.11 bits per heavy atom. The zero-order chi connectivity index (χ0) is 19.1. The van der Waals surface area contributed by atoms with Crippen molar-refractivity contribution in [2.75, 3.05) is 24.7 Å².